The number of hydrogen-bond donors (Lipinski definition) is 0. The van der Waals surface area contributed by atoms with Crippen LogP contribution in [0.1, 0.15) is 47.6 Å². The molecule has 0 N–H and O–H groups in total. The largest absolute Gasteiger partial charge is 0.460 e. The van der Waals surface area contributed by atoms with E-state index in [2.05, 4.69) is 159 Å². The smallest absolute Gasteiger partial charge is 0.142 e. The van der Waals surface area contributed by atoms with E-state index in [1.165, 1.54) is 44.5 Å². The topological polar surface area (TPSA) is 26.3 Å². The molecule has 0 atom stereocenters. The highest BCUT2D eigenvalue weighted by molar-refractivity contribution is 6.18. The summed E-state index contributed by atoms with van der Waals surface area (Å²) in [4.78, 5) is 0. The van der Waals surface area contributed by atoms with E-state index in [4.69, 9.17) is 8.83 Å². The summed E-state index contributed by atoms with van der Waals surface area (Å²) in [6, 6.07) is 47.2. The van der Waals surface area contributed by atoms with Gasteiger partial charge in [0.15, 0.2) is 0 Å². The molecule has 0 bridgehead atoms. The molecule has 0 radical (unpaired) electrons. The highest BCUT2D eigenvalue weighted by Crippen LogP contribution is 2.43. The van der Waals surface area contributed by atoms with Crippen molar-refractivity contribution in [1.82, 2.24) is 0 Å². The zero-order valence-electron chi connectivity index (χ0n) is 27.2. The molecule has 0 spiro atoms. The van der Waals surface area contributed by atoms with Gasteiger partial charge in [-0.2, -0.15) is 0 Å². The summed E-state index contributed by atoms with van der Waals surface area (Å²) in [6.45, 7) is 4.32. The van der Waals surface area contributed by atoms with Gasteiger partial charge >= 0.3 is 0 Å². The molecule has 2 aromatic heterocycles. The Balaban J connectivity index is 1.16. The monoisotopic (exact) mass is 620 g/mol. The Hall–Kier alpha value is -5.86. The van der Waals surface area contributed by atoms with E-state index in [1.807, 2.05) is 12.1 Å². The predicted molar refractivity (Wildman–Crippen MR) is 204 cm³/mol. The Labute approximate surface area is 281 Å². The number of rotatable bonds is 8. The minimum Gasteiger partial charge on any atom is -0.460 e. The van der Waals surface area contributed by atoms with Crippen molar-refractivity contribution in [3.8, 4) is 22.3 Å². The maximum absolute atomic E-state index is 6.65. The summed E-state index contributed by atoms with van der Waals surface area (Å²) < 4.78 is 13.3. The fraction of sp³-hybridized carbons (Fsp3) is 0.0870. The first-order valence-electron chi connectivity index (χ1n) is 16.8. The lowest BCUT2D eigenvalue weighted by atomic mass is 9.95. The molecular weight excluding hydrogens is 585 g/mol. The standard InChI is InChI=1S/C46H36O2/c1-3-41-43(35-23-19-33(20-24-35)17-15-31-11-7-5-8-12-31)39-29-27-38-37(45(39)47-41)28-30-40-44(42(4-2)48-46(38)40)36-25-21-34(22-26-36)18-16-32-13-9-6-10-14-32/h5-30H,3-4H2,1-2H3/b17-15+,18-16+. The first-order chi connectivity index (χ1) is 23.7. The molecule has 0 aliphatic rings. The van der Waals surface area contributed by atoms with Crippen LogP contribution in [0.3, 0.4) is 0 Å². The van der Waals surface area contributed by atoms with Crippen LogP contribution in [0.25, 0.3) is 79.3 Å². The highest BCUT2D eigenvalue weighted by Gasteiger charge is 2.21. The van der Waals surface area contributed by atoms with E-state index in [1.54, 1.807) is 0 Å². The van der Waals surface area contributed by atoms with Gasteiger partial charge in [0.05, 0.1) is 0 Å². The molecule has 0 unspecified atom stereocenters. The van der Waals surface area contributed by atoms with E-state index in [0.717, 1.165) is 57.1 Å². The first-order valence-corrected chi connectivity index (χ1v) is 16.8. The Morgan fingerprint density at radius 3 is 1.06 bits per heavy atom. The molecule has 2 heteroatoms. The molecule has 8 aromatic rings. The van der Waals surface area contributed by atoms with Crippen LogP contribution in [0.2, 0.25) is 0 Å². The summed E-state index contributed by atoms with van der Waals surface area (Å²) in [5.74, 6) is 2.00. The zero-order chi connectivity index (χ0) is 32.5. The van der Waals surface area contributed by atoms with E-state index in [-0.39, 0.29) is 0 Å². The Kier molecular flexibility index (Phi) is 7.84. The van der Waals surface area contributed by atoms with Gasteiger partial charge in [0.1, 0.15) is 22.7 Å². The first kappa shape index (κ1) is 29.5. The second-order valence-corrected chi connectivity index (χ2v) is 12.2. The Morgan fingerprint density at radius 2 is 0.708 bits per heavy atom. The molecule has 48 heavy (non-hydrogen) atoms. The molecule has 0 saturated carbocycles. The van der Waals surface area contributed by atoms with Gasteiger partial charge in [0.2, 0.25) is 0 Å². The molecule has 8 rings (SSSR count). The number of furan rings is 2. The van der Waals surface area contributed by atoms with Crippen LogP contribution in [-0.2, 0) is 12.8 Å². The number of aryl methyl sites for hydroxylation is 2. The minimum atomic E-state index is 0.810. The van der Waals surface area contributed by atoms with Crippen molar-refractivity contribution < 1.29 is 8.83 Å². The van der Waals surface area contributed by atoms with Crippen LogP contribution in [0, 0.1) is 0 Å². The van der Waals surface area contributed by atoms with Crippen molar-refractivity contribution in [1.29, 1.82) is 0 Å². The minimum absolute atomic E-state index is 0.810. The van der Waals surface area contributed by atoms with Crippen LogP contribution in [0.15, 0.2) is 142 Å². The third-order valence-electron chi connectivity index (χ3n) is 9.23. The van der Waals surface area contributed by atoms with Crippen molar-refractivity contribution in [2.24, 2.45) is 0 Å². The molecule has 6 aromatic carbocycles. The SMILES string of the molecule is CCc1oc2c(ccc3c2ccc2c(-c4ccc(/C=C/c5ccccc5)cc4)c(CC)oc23)c1-c1ccc(/C=C/c2ccccc2)cc1. The fourth-order valence-electron chi connectivity index (χ4n) is 6.78. The van der Waals surface area contributed by atoms with Crippen molar-refractivity contribution >= 4 is 57.0 Å². The van der Waals surface area contributed by atoms with Gasteiger partial charge in [-0.15, -0.1) is 0 Å². The Morgan fingerprint density at radius 1 is 0.375 bits per heavy atom. The lowest BCUT2D eigenvalue weighted by Crippen LogP contribution is -1.84. The highest BCUT2D eigenvalue weighted by atomic mass is 16.3. The quantitative estimate of drug-likeness (QED) is 0.158. The van der Waals surface area contributed by atoms with Crippen LogP contribution in [0.5, 0.6) is 0 Å². The third-order valence-corrected chi connectivity index (χ3v) is 9.23. The van der Waals surface area contributed by atoms with Gasteiger partial charge in [-0.25, -0.2) is 0 Å². The summed E-state index contributed by atoms with van der Waals surface area (Å²) >= 11 is 0. The van der Waals surface area contributed by atoms with Crippen LogP contribution >= 0.6 is 0 Å². The second-order valence-electron chi connectivity index (χ2n) is 12.2. The summed E-state index contributed by atoms with van der Waals surface area (Å²) in [5.41, 5.74) is 11.2. The van der Waals surface area contributed by atoms with E-state index in [0.29, 0.717) is 0 Å². The van der Waals surface area contributed by atoms with Gasteiger partial charge in [0, 0.05) is 45.5 Å². The molecule has 2 heterocycles. The van der Waals surface area contributed by atoms with Crippen molar-refractivity contribution in [3.63, 3.8) is 0 Å². The van der Waals surface area contributed by atoms with Crippen molar-refractivity contribution in [2.75, 3.05) is 0 Å². The van der Waals surface area contributed by atoms with Crippen LogP contribution < -0.4 is 0 Å². The van der Waals surface area contributed by atoms with Gasteiger partial charge < -0.3 is 8.83 Å². The lowest BCUT2D eigenvalue weighted by molar-refractivity contribution is 0.559. The predicted octanol–water partition coefficient (Wildman–Crippen LogP) is 13.1. The van der Waals surface area contributed by atoms with Crippen LogP contribution in [-0.4, -0.2) is 0 Å². The van der Waals surface area contributed by atoms with Gasteiger partial charge in [0.25, 0.3) is 0 Å². The average Bonchev–Trinajstić information content (AvgIpc) is 3.73. The van der Waals surface area contributed by atoms with Gasteiger partial charge in [-0.05, 0) is 57.6 Å². The lowest BCUT2D eigenvalue weighted by Gasteiger charge is -2.05. The molecule has 0 fully saturated rings. The third kappa shape index (κ3) is 5.46. The molecule has 232 valence electrons. The number of fused-ring (bicyclic) bond motifs is 5. The van der Waals surface area contributed by atoms with E-state index >= 15 is 0 Å². The number of hydrogen-bond acceptors (Lipinski definition) is 2. The molecule has 0 aliphatic carbocycles. The normalized spacial score (nSPS) is 12.0. The Bertz CT molecular complexity index is 2240. The molecular formula is C46H36O2. The van der Waals surface area contributed by atoms with Crippen LogP contribution in [0.4, 0.5) is 0 Å². The molecule has 0 saturated heterocycles. The molecule has 0 aliphatic heterocycles. The maximum atomic E-state index is 6.65. The summed E-state index contributed by atoms with van der Waals surface area (Å²) in [6.07, 6.45) is 10.2. The second kappa shape index (κ2) is 12.7. The number of benzene rings is 6. The fourth-order valence-corrected chi connectivity index (χ4v) is 6.78. The van der Waals surface area contributed by atoms with Gasteiger partial charge in [-0.3, -0.25) is 0 Å². The van der Waals surface area contributed by atoms with Crippen molar-refractivity contribution in [3.05, 3.63) is 167 Å². The molecule has 2 nitrogen and oxygen atoms in total. The van der Waals surface area contributed by atoms with E-state index in [9.17, 15) is 0 Å². The summed E-state index contributed by atoms with van der Waals surface area (Å²) in [7, 11) is 0. The van der Waals surface area contributed by atoms with E-state index < -0.39 is 0 Å². The maximum Gasteiger partial charge on any atom is 0.142 e. The van der Waals surface area contributed by atoms with Crippen molar-refractivity contribution in [2.45, 2.75) is 26.7 Å². The average molecular weight is 621 g/mol. The zero-order valence-corrected chi connectivity index (χ0v) is 27.2. The summed E-state index contributed by atoms with van der Waals surface area (Å²) in [5, 5.41) is 4.42. The van der Waals surface area contributed by atoms with Gasteiger partial charge in [-0.1, -0.05) is 147 Å². The molecule has 0 amide bonds.